The summed E-state index contributed by atoms with van der Waals surface area (Å²) in [5, 5.41) is 5.00. The number of hydrogen-bond acceptors (Lipinski definition) is 5. The van der Waals surface area contributed by atoms with Crippen molar-refractivity contribution in [1.82, 2.24) is 19.7 Å². The lowest BCUT2D eigenvalue weighted by Gasteiger charge is -2.21. The largest absolute Gasteiger partial charge is 0.278 e. The summed E-state index contributed by atoms with van der Waals surface area (Å²) in [7, 11) is 0. The van der Waals surface area contributed by atoms with Crippen LogP contribution < -0.4 is 4.90 Å². The fourth-order valence-corrected chi connectivity index (χ4v) is 4.32. The highest BCUT2D eigenvalue weighted by Crippen LogP contribution is 2.32. The zero-order valence-corrected chi connectivity index (χ0v) is 17.6. The molecule has 0 N–H and O–H groups in total. The zero-order chi connectivity index (χ0) is 20.4. The van der Waals surface area contributed by atoms with Crippen LogP contribution in [0.5, 0.6) is 0 Å². The lowest BCUT2D eigenvalue weighted by molar-refractivity contribution is 0.0972. The van der Waals surface area contributed by atoms with Crippen molar-refractivity contribution in [2.75, 3.05) is 4.90 Å². The Kier molecular flexibility index (Phi) is 5.40. The summed E-state index contributed by atoms with van der Waals surface area (Å²) < 4.78 is 2.83. The number of anilines is 1. The maximum absolute atomic E-state index is 13.6. The van der Waals surface area contributed by atoms with Crippen LogP contribution in [0.3, 0.4) is 0 Å². The SMILES string of the molecule is CCc1cccc2sc(N(Cc3ccccn3)C(=O)c3ccnn3C(C)C)nc12. The van der Waals surface area contributed by atoms with E-state index < -0.39 is 0 Å². The van der Waals surface area contributed by atoms with Gasteiger partial charge in [-0.05, 0) is 50.1 Å². The molecular formula is C22H23N5OS. The number of fused-ring (bicyclic) bond motifs is 1. The van der Waals surface area contributed by atoms with Crippen LogP contribution in [0.2, 0.25) is 0 Å². The van der Waals surface area contributed by atoms with E-state index in [0.717, 1.165) is 22.3 Å². The lowest BCUT2D eigenvalue weighted by atomic mass is 10.1. The number of carbonyl (C=O) groups excluding carboxylic acids is 1. The molecule has 0 fully saturated rings. The summed E-state index contributed by atoms with van der Waals surface area (Å²) >= 11 is 1.53. The smallest absolute Gasteiger partial charge is 0.277 e. The van der Waals surface area contributed by atoms with E-state index in [1.807, 2.05) is 38.1 Å². The number of amides is 1. The Morgan fingerprint density at radius 1 is 1.14 bits per heavy atom. The van der Waals surface area contributed by atoms with E-state index in [1.165, 1.54) is 16.9 Å². The molecule has 0 aliphatic heterocycles. The quantitative estimate of drug-likeness (QED) is 0.459. The molecule has 0 radical (unpaired) electrons. The highest BCUT2D eigenvalue weighted by atomic mass is 32.1. The number of nitrogens with zero attached hydrogens (tertiary/aromatic N) is 5. The minimum Gasteiger partial charge on any atom is -0.277 e. The molecule has 0 atom stereocenters. The summed E-state index contributed by atoms with van der Waals surface area (Å²) in [5.74, 6) is -0.126. The number of carbonyl (C=O) groups is 1. The van der Waals surface area contributed by atoms with Gasteiger partial charge >= 0.3 is 0 Å². The molecule has 0 aliphatic rings. The monoisotopic (exact) mass is 405 g/mol. The fraction of sp³-hybridized carbons (Fsp3) is 0.273. The molecule has 0 saturated carbocycles. The summed E-state index contributed by atoms with van der Waals surface area (Å²) in [6.07, 6.45) is 4.30. The molecule has 6 nitrogen and oxygen atoms in total. The molecule has 1 aromatic carbocycles. The Labute approximate surface area is 173 Å². The molecule has 0 unspecified atom stereocenters. The molecule has 7 heteroatoms. The van der Waals surface area contributed by atoms with E-state index in [2.05, 4.69) is 29.1 Å². The second-order valence-corrected chi connectivity index (χ2v) is 8.09. The van der Waals surface area contributed by atoms with Gasteiger partial charge in [-0.2, -0.15) is 5.10 Å². The summed E-state index contributed by atoms with van der Waals surface area (Å²) in [4.78, 5) is 24.5. The third kappa shape index (κ3) is 3.78. The van der Waals surface area contributed by atoms with E-state index in [9.17, 15) is 4.79 Å². The minimum atomic E-state index is -0.126. The molecule has 1 amide bonds. The summed E-state index contributed by atoms with van der Waals surface area (Å²) in [6, 6.07) is 13.8. The topological polar surface area (TPSA) is 63.9 Å². The molecule has 0 saturated heterocycles. The van der Waals surface area contributed by atoms with E-state index >= 15 is 0 Å². The minimum absolute atomic E-state index is 0.0858. The second kappa shape index (κ2) is 8.13. The van der Waals surface area contributed by atoms with Crippen molar-refractivity contribution in [3.63, 3.8) is 0 Å². The molecule has 4 aromatic rings. The predicted octanol–water partition coefficient (Wildman–Crippen LogP) is 4.88. The van der Waals surface area contributed by atoms with E-state index in [-0.39, 0.29) is 11.9 Å². The van der Waals surface area contributed by atoms with Gasteiger partial charge in [-0.15, -0.1) is 0 Å². The third-order valence-electron chi connectivity index (χ3n) is 4.77. The highest BCUT2D eigenvalue weighted by molar-refractivity contribution is 7.22. The van der Waals surface area contributed by atoms with E-state index in [4.69, 9.17) is 4.98 Å². The first-order valence-electron chi connectivity index (χ1n) is 9.72. The average molecular weight is 406 g/mol. The van der Waals surface area contributed by atoms with Gasteiger partial charge in [0.05, 0.1) is 22.5 Å². The van der Waals surface area contributed by atoms with Crippen molar-refractivity contribution in [3.05, 3.63) is 71.8 Å². The van der Waals surface area contributed by atoms with Crippen LogP contribution in [0.15, 0.2) is 54.9 Å². The first-order chi connectivity index (χ1) is 14.1. The van der Waals surface area contributed by atoms with Crippen LogP contribution in [-0.4, -0.2) is 25.7 Å². The normalized spacial score (nSPS) is 11.3. The van der Waals surface area contributed by atoms with Gasteiger partial charge in [0, 0.05) is 18.4 Å². The number of aryl methyl sites for hydroxylation is 1. The van der Waals surface area contributed by atoms with Gasteiger partial charge in [0.25, 0.3) is 5.91 Å². The van der Waals surface area contributed by atoms with Gasteiger partial charge in [0.15, 0.2) is 5.13 Å². The van der Waals surface area contributed by atoms with Gasteiger partial charge in [-0.1, -0.05) is 36.5 Å². The molecular weight excluding hydrogens is 382 g/mol. The Morgan fingerprint density at radius 2 is 2.00 bits per heavy atom. The summed E-state index contributed by atoms with van der Waals surface area (Å²) in [5.41, 5.74) is 3.51. The molecule has 3 heterocycles. The Bertz CT molecular complexity index is 1130. The van der Waals surface area contributed by atoms with Gasteiger partial charge in [-0.25, -0.2) is 4.98 Å². The molecule has 29 heavy (non-hydrogen) atoms. The van der Waals surface area contributed by atoms with Crippen LogP contribution in [0.25, 0.3) is 10.2 Å². The predicted molar refractivity (Wildman–Crippen MR) is 116 cm³/mol. The van der Waals surface area contributed by atoms with Crippen molar-refractivity contribution in [1.29, 1.82) is 0 Å². The van der Waals surface area contributed by atoms with Crippen molar-refractivity contribution < 1.29 is 4.79 Å². The van der Waals surface area contributed by atoms with Crippen LogP contribution in [0.4, 0.5) is 5.13 Å². The standard InChI is InChI=1S/C22H23N5OS/c1-4-16-8-7-10-19-20(16)25-22(29-19)26(14-17-9-5-6-12-23-17)21(28)18-11-13-24-27(18)15(2)3/h5-13,15H,4,14H2,1-3H3. The van der Waals surface area contributed by atoms with Crippen molar-refractivity contribution >= 4 is 32.6 Å². The molecule has 0 bridgehead atoms. The number of para-hydroxylation sites is 1. The highest BCUT2D eigenvalue weighted by Gasteiger charge is 2.26. The maximum Gasteiger partial charge on any atom is 0.278 e. The molecule has 3 aromatic heterocycles. The molecule has 148 valence electrons. The fourth-order valence-electron chi connectivity index (χ4n) is 3.31. The number of rotatable bonds is 6. The number of pyridine rings is 1. The van der Waals surface area contributed by atoms with Gasteiger partial charge < -0.3 is 0 Å². The van der Waals surface area contributed by atoms with Crippen LogP contribution in [-0.2, 0) is 13.0 Å². The summed E-state index contributed by atoms with van der Waals surface area (Å²) in [6.45, 7) is 6.49. The average Bonchev–Trinajstić information content (AvgIpc) is 3.39. The molecule has 4 rings (SSSR count). The number of hydrogen-bond donors (Lipinski definition) is 0. The number of aromatic nitrogens is 4. The first kappa shape index (κ1) is 19.3. The second-order valence-electron chi connectivity index (χ2n) is 7.08. The number of thiazole rings is 1. The van der Waals surface area contributed by atoms with Crippen molar-refractivity contribution in [2.45, 2.75) is 39.8 Å². The first-order valence-corrected chi connectivity index (χ1v) is 10.5. The molecule has 0 spiro atoms. The van der Waals surface area contributed by atoms with Crippen LogP contribution in [0.1, 0.15) is 48.6 Å². The van der Waals surface area contributed by atoms with E-state index in [1.54, 1.807) is 28.0 Å². The van der Waals surface area contributed by atoms with Gasteiger partial charge in [-0.3, -0.25) is 19.4 Å². The van der Waals surface area contributed by atoms with Crippen molar-refractivity contribution in [3.8, 4) is 0 Å². The van der Waals surface area contributed by atoms with Gasteiger partial charge in [0.1, 0.15) is 5.69 Å². The maximum atomic E-state index is 13.6. The molecule has 0 aliphatic carbocycles. The third-order valence-corrected chi connectivity index (χ3v) is 5.82. The lowest BCUT2D eigenvalue weighted by Crippen LogP contribution is -2.32. The van der Waals surface area contributed by atoms with E-state index in [0.29, 0.717) is 17.4 Å². The van der Waals surface area contributed by atoms with Crippen LogP contribution >= 0.6 is 11.3 Å². The zero-order valence-electron chi connectivity index (χ0n) is 16.7. The van der Waals surface area contributed by atoms with Crippen molar-refractivity contribution in [2.24, 2.45) is 0 Å². The Morgan fingerprint density at radius 3 is 2.72 bits per heavy atom. The Balaban J connectivity index is 1.80. The van der Waals surface area contributed by atoms with Gasteiger partial charge in [0.2, 0.25) is 0 Å². The van der Waals surface area contributed by atoms with Crippen LogP contribution in [0, 0.1) is 0 Å². The number of benzene rings is 1. The Hall–Kier alpha value is -3.06.